The van der Waals surface area contributed by atoms with E-state index in [4.69, 9.17) is 0 Å². The lowest BCUT2D eigenvalue weighted by atomic mass is 10.7. The maximum absolute atomic E-state index is 10.3. The van der Waals surface area contributed by atoms with Gasteiger partial charge in [-0.1, -0.05) is 0 Å². The Bertz CT molecular complexity index is 152. The molecule has 55 valence electrons. The van der Waals surface area contributed by atoms with Gasteiger partial charge in [0.05, 0.1) is 6.26 Å². The number of rotatable bonds is 4. The Kier molecular flexibility index (Phi) is 3.76. The van der Waals surface area contributed by atoms with Crippen LogP contribution in [0.4, 0.5) is 0 Å². The molecule has 0 aliphatic carbocycles. The normalized spacial score (nSPS) is 11.8. The summed E-state index contributed by atoms with van der Waals surface area (Å²) >= 11 is 0. The third kappa shape index (κ3) is 7.87. The molecule has 0 aromatic rings. The van der Waals surface area contributed by atoms with Crippen LogP contribution in [0.25, 0.3) is 0 Å². The molecule has 0 unspecified atom stereocenters. The van der Waals surface area contributed by atoms with Crippen LogP contribution < -0.4 is 10.0 Å². The minimum Gasteiger partial charge on any atom is -0.318 e. The van der Waals surface area contributed by atoms with Crippen LogP contribution in [-0.2, 0) is 10.0 Å². The minimum absolute atomic E-state index is 0.329. The Morgan fingerprint density at radius 1 is 1.56 bits per heavy atom. The second-order valence-electron chi connectivity index (χ2n) is 1.69. The van der Waals surface area contributed by atoms with Crippen LogP contribution in [0.15, 0.2) is 0 Å². The summed E-state index contributed by atoms with van der Waals surface area (Å²) in [5.41, 5.74) is 0. The second kappa shape index (κ2) is 3.81. The molecule has 4 nitrogen and oxygen atoms in total. The minimum atomic E-state index is -3.11. The van der Waals surface area contributed by atoms with Crippen molar-refractivity contribution in [1.29, 1.82) is 0 Å². The number of sulfonamides is 1. The van der Waals surface area contributed by atoms with Crippen LogP contribution in [0.1, 0.15) is 0 Å². The summed E-state index contributed by atoms with van der Waals surface area (Å²) in [5, 5.41) is 2.78. The number of nitrogens with zero attached hydrogens (tertiary/aromatic N) is 1. The highest BCUT2D eigenvalue weighted by Crippen LogP contribution is 1.73. The van der Waals surface area contributed by atoms with Crippen molar-refractivity contribution in [2.75, 3.05) is 26.4 Å². The molecule has 1 radical (unpaired) electrons. The van der Waals surface area contributed by atoms with Gasteiger partial charge in [0.2, 0.25) is 10.0 Å². The van der Waals surface area contributed by atoms with Crippen LogP contribution >= 0.6 is 0 Å². The summed E-state index contributed by atoms with van der Waals surface area (Å²) in [7, 11) is -1.36. The molecule has 0 rings (SSSR count). The predicted molar refractivity (Wildman–Crippen MR) is 35.8 cm³/mol. The fourth-order valence-corrected chi connectivity index (χ4v) is 0.746. The van der Waals surface area contributed by atoms with Crippen LogP contribution in [0.2, 0.25) is 0 Å². The Hall–Kier alpha value is -0.130. The molecule has 0 amide bonds. The van der Waals surface area contributed by atoms with E-state index in [1.54, 1.807) is 7.05 Å². The molecule has 0 saturated carbocycles. The van der Waals surface area contributed by atoms with Crippen molar-refractivity contribution in [3.63, 3.8) is 0 Å². The van der Waals surface area contributed by atoms with Crippen molar-refractivity contribution in [2.24, 2.45) is 0 Å². The van der Waals surface area contributed by atoms with Crippen molar-refractivity contribution >= 4 is 10.0 Å². The Balaban J connectivity index is 3.30. The Morgan fingerprint density at radius 3 is 2.44 bits per heavy atom. The lowest BCUT2D eigenvalue weighted by Gasteiger charge is -1.96. The zero-order chi connectivity index (χ0) is 7.33. The van der Waals surface area contributed by atoms with Crippen molar-refractivity contribution in [1.82, 2.24) is 10.0 Å². The zero-order valence-corrected chi connectivity index (χ0v) is 6.40. The van der Waals surface area contributed by atoms with Crippen LogP contribution in [0.3, 0.4) is 0 Å². The molecular formula is C4H11N2O2S. The first-order valence-corrected chi connectivity index (χ1v) is 4.44. The van der Waals surface area contributed by atoms with Gasteiger partial charge in [0, 0.05) is 13.1 Å². The summed E-state index contributed by atoms with van der Waals surface area (Å²) in [6, 6.07) is 0. The topological polar surface area (TPSA) is 60.3 Å². The number of likely N-dealkylation sites (N-methyl/N-ethyl adjacent to an activating group) is 1. The van der Waals surface area contributed by atoms with Gasteiger partial charge >= 0.3 is 0 Å². The molecule has 0 saturated heterocycles. The second-order valence-corrected chi connectivity index (χ2v) is 3.41. The van der Waals surface area contributed by atoms with Crippen molar-refractivity contribution < 1.29 is 8.42 Å². The molecular weight excluding hydrogens is 140 g/mol. The van der Waals surface area contributed by atoms with Gasteiger partial charge in [-0.05, 0) is 7.05 Å². The summed E-state index contributed by atoms with van der Waals surface area (Å²) in [6.45, 7) is 0.933. The fourth-order valence-electron chi connectivity index (χ4n) is 0.323. The summed E-state index contributed by atoms with van der Waals surface area (Å²) in [6.07, 6.45) is 1.09. The smallest absolute Gasteiger partial charge is 0.225 e. The van der Waals surface area contributed by atoms with Gasteiger partial charge in [-0.25, -0.2) is 8.42 Å². The van der Waals surface area contributed by atoms with E-state index in [1.807, 2.05) is 0 Å². The van der Waals surface area contributed by atoms with E-state index in [0.29, 0.717) is 13.1 Å². The molecule has 9 heavy (non-hydrogen) atoms. The molecule has 0 aromatic carbocycles. The maximum atomic E-state index is 10.3. The number of nitrogens with one attached hydrogen (secondary N) is 1. The highest BCUT2D eigenvalue weighted by Gasteiger charge is 1.98. The van der Waals surface area contributed by atoms with E-state index in [9.17, 15) is 8.42 Å². The van der Waals surface area contributed by atoms with Crippen LogP contribution in [0.5, 0.6) is 0 Å². The molecule has 0 heterocycles. The Morgan fingerprint density at radius 2 is 2.11 bits per heavy atom. The van der Waals surface area contributed by atoms with E-state index < -0.39 is 10.0 Å². The van der Waals surface area contributed by atoms with E-state index in [-0.39, 0.29) is 0 Å². The van der Waals surface area contributed by atoms with Gasteiger partial charge < -0.3 is 5.32 Å². The van der Waals surface area contributed by atoms with E-state index >= 15 is 0 Å². The van der Waals surface area contributed by atoms with Crippen LogP contribution in [-0.4, -0.2) is 34.8 Å². The van der Waals surface area contributed by atoms with Gasteiger partial charge in [0.25, 0.3) is 0 Å². The quantitative estimate of drug-likeness (QED) is 0.512. The van der Waals surface area contributed by atoms with Crippen molar-refractivity contribution in [2.45, 2.75) is 0 Å². The van der Waals surface area contributed by atoms with Gasteiger partial charge in [-0.15, -0.1) is 4.72 Å². The van der Waals surface area contributed by atoms with Gasteiger partial charge in [-0.2, -0.15) is 0 Å². The first-order valence-electron chi connectivity index (χ1n) is 2.59. The third-order valence-electron chi connectivity index (χ3n) is 0.688. The lowest BCUT2D eigenvalue weighted by molar-refractivity contribution is 0.584. The predicted octanol–water partition coefficient (Wildman–Crippen LogP) is -1.23. The van der Waals surface area contributed by atoms with E-state index in [0.717, 1.165) is 6.26 Å². The third-order valence-corrected chi connectivity index (χ3v) is 1.34. The lowest BCUT2D eigenvalue weighted by Crippen LogP contribution is -2.23. The first-order chi connectivity index (χ1) is 4.06. The van der Waals surface area contributed by atoms with E-state index in [2.05, 4.69) is 10.0 Å². The molecule has 0 aliphatic heterocycles. The van der Waals surface area contributed by atoms with Crippen molar-refractivity contribution in [3.8, 4) is 0 Å². The molecule has 0 aromatic heterocycles. The SMILES string of the molecule is CNCC[N]S(C)(=O)=O. The Labute approximate surface area is 55.7 Å². The van der Waals surface area contributed by atoms with Gasteiger partial charge in [-0.3, -0.25) is 0 Å². The van der Waals surface area contributed by atoms with Gasteiger partial charge in [0.15, 0.2) is 0 Å². The average molecular weight is 151 g/mol. The summed E-state index contributed by atoms with van der Waals surface area (Å²) < 4.78 is 24.0. The highest BCUT2D eigenvalue weighted by molar-refractivity contribution is 7.88. The van der Waals surface area contributed by atoms with Crippen LogP contribution in [0, 0.1) is 0 Å². The fraction of sp³-hybridized carbons (Fsp3) is 1.00. The zero-order valence-electron chi connectivity index (χ0n) is 5.59. The molecule has 0 fully saturated rings. The van der Waals surface area contributed by atoms with Gasteiger partial charge in [0.1, 0.15) is 0 Å². The molecule has 0 atom stereocenters. The first kappa shape index (κ1) is 8.87. The molecule has 0 bridgehead atoms. The number of hydrogen-bond acceptors (Lipinski definition) is 3. The molecule has 0 aliphatic rings. The summed E-state index contributed by atoms with van der Waals surface area (Å²) in [5.74, 6) is 0. The molecule has 1 N–H and O–H groups in total. The van der Waals surface area contributed by atoms with E-state index in [1.165, 1.54) is 0 Å². The van der Waals surface area contributed by atoms with Crippen molar-refractivity contribution in [3.05, 3.63) is 0 Å². The number of hydrogen-bond donors (Lipinski definition) is 1. The molecule has 5 heteroatoms. The summed E-state index contributed by atoms with van der Waals surface area (Å²) in [4.78, 5) is 0. The largest absolute Gasteiger partial charge is 0.318 e. The maximum Gasteiger partial charge on any atom is 0.225 e. The standard InChI is InChI=1S/C4H11N2O2S/c1-5-3-4-6-9(2,7)8/h5H,3-4H2,1-2H3. The highest BCUT2D eigenvalue weighted by atomic mass is 32.2. The monoisotopic (exact) mass is 151 g/mol. The molecule has 0 spiro atoms. The average Bonchev–Trinajstić information content (AvgIpc) is 1.63.